The van der Waals surface area contributed by atoms with E-state index < -0.39 is 0 Å². The van der Waals surface area contributed by atoms with Crippen molar-refractivity contribution in [2.75, 3.05) is 38.3 Å². The molecular formula is C22H27N5OS. The van der Waals surface area contributed by atoms with Crippen molar-refractivity contribution in [3.8, 4) is 11.4 Å². The fraction of sp³-hybridized carbons (Fsp3) is 0.364. The van der Waals surface area contributed by atoms with Crippen LogP contribution in [0.25, 0.3) is 11.4 Å². The number of hydrogen-bond donors (Lipinski definition) is 1. The lowest BCUT2D eigenvalue weighted by molar-refractivity contribution is 0.122. The third-order valence-corrected chi connectivity index (χ3v) is 5.46. The summed E-state index contributed by atoms with van der Waals surface area (Å²) in [7, 11) is 2.09. The maximum absolute atomic E-state index is 5.45. The lowest BCUT2D eigenvalue weighted by Gasteiger charge is -2.29. The highest BCUT2D eigenvalue weighted by Gasteiger charge is 2.11. The Balaban J connectivity index is 1.39. The Labute approximate surface area is 176 Å². The molecule has 6 nitrogen and oxygen atoms in total. The molecule has 29 heavy (non-hydrogen) atoms. The number of hydrogen-bond acceptors (Lipinski definition) is 5. The van der Waals surface area contributed by atoms with E-state index in [-0.39, 0.29) is 0 Å². The molecule has 0 amide bonds. The lowest BCUT2D eigenvalue weighted by atomic mass is 10.1. The smallest absolute Gasteiger partial charge is 0.217 e. The van der Waals surface area contributed by atoms with Gasteiger partial charge in [-0.3, -0.25) is 10.00 Å². The van der Waals surface area contributed by atoms with Gasteiger partial charge >= 0.3 is 0 Å². The number of aryl methyl sites for hydroxylation is 1. The van der Waals surface area contributed by atoms with Crippen LogP contribution in [0.4, 0.5) is 5.69 Å². The van der Waals surface area contributed by atoms with Crippen molar-refractivity contribution in [2.45, 2.75) is 20.1 Å². The van der Waals surface area contributed by atoms with Crippen molar-refractivity contribution >= 4 is 17.9 Å². The molecular weight excluding hydrogens is 382 g/mol. The van der Waals surface area contributed by atoms with Crippen LogP contribution in [-0.2, 0) is 18.0 Å². The first-order chi connectivity index (χ1) is 14.1. The van der Waals surface area contributed by atoms with E-state index in [1.807, 2.05) is 4.68 Å². The summed E-state index contributed by atoms with van der Waals surface area (Å²) in [5.74, 6) is 0.804. The van der Waals surface area contributed by atoms with Crippen molar-refractivity contribution in [1.82, 2.24) is 19.7 Å². The molecule has 0 spiro atoms. The van der Waals surface area contributed by atoms with Gasteiger partial charge in [-0.1, -0.05) is 42.0 Å². The van der Waals surface area contributed by atoms with Crippen molar-refractivity contribution in [1.29, 1.82) is 0 Å². The summed E-state index contributed by atoms with van der Waals surface area (Å²) in [6.07, 6.45) is 0. The normalized spacial score (nSPS) is 14.5. The van der Waals surface area contributed by atoms with Gasteiger partial charge in [0.2, 0.25) is 4.77 Å². The van der Waals surface area contributed by atoms with Gasteiger partial charge in [-0.15, -0.1) is 0 Å². The Bertz CT molecular complexity index is 987. The summed E-state index contributed by atoms with van der Waals surface area (Å²) < 4.78 is 7.91. The Morgan fingerprint density at radius 3 is 2.45 bits per heavy atom. The zero-order chi connectivity index (χ0) is 20.2. The topological polar surface area (TPSA) is 49.3 Å². The van der Waals surface area contributed by atoms with Gasteiger partial charge in [0, 0.05) is 30.9 Å². The van der Waals surface area contributed by atoms with E-state index in [2.05, 4.69) is 82.4 Å². The van der Waals surface area contributed by atoms with E-state index in [1.165, 1.54) is 16.8 Å². The predicted octanol–water partition coefficient (Wildman–Crippen LogP) is 3.84. The van der Waals surface area contributed by atoms with Gasteiger partial charge in [0.1, 0.15) is 0 Å². The molecule has 1 N–H and O–H groups in total. The molecule has 3 aromatic rings. The fourth-order valence-electron chi connectivity index (χ4n) is 3.53. The summed E-state index contributed by atoms with van der Waals surface area (Å²) in [6, 6.07) is 17.1. The van der Waals surface area contributed by atoms with E-state index in [9.17, 15) is 0 Å². The van der Waals surface area contributed by atoms with Crippen molar-refractivity contribution < 1.29 is 4.74 Å². The van der Waals surface area contributed by atoms with Crippen LogP contribution in [0, 0.1) is 11.7 Å². The molecule has 2 heterocycles. The average molecular weight is 410 g/mol. The summed E-state index contributed by atoms with van der Waals surface area (Å²) >= 11 is 5.45. The Kier molecular flexibility index (Phi) is 6.08. The molecule has 1 saturated heterocycles. The molecule has 0 bridgehead atoms. The van der Waals surface area contributed by atoms with Gasteiger partial charge in [0.25, 0.3) is 0 Å². The van der Waals surface area contributed by atoms with Crippen molar-refractivity contribution in [3.63, 3.8) is 0 Å². The average Bonchev–Trinajstić information content (AvgIpc) is 3.10. The molecule has 0 saturated carbocycles. The van der Waals surface area contributed by atoms with Crippen LogP contribution < -0.4 is 4.90 Å². The lowest BCUT2D eigenvalue weighted by Crippen LogP contribution is -2.36. The highest BCUT2D eigenvalue weighted by atomic mass is 32.1. The number of nitrogens with zero attached hydrogens (tertiary/aromatic N) is 4. The first-order valence-corrected chi connectivity index (χ1v) is 10.3. The predicted molar refractivity (Wildman–Crippen MR) is 119 cm³/mol. The largest absolute Gasteiger partial charge is 0.378 e. The second-order valence-corrected chi connectivity index (χ2v) is 7.94. The van der Waals surface area contributed by atoms with Gasteiger partial charge in [-0.05, 0) is 43.9 Å². The van der Waals surface area contributed by atoms with E-state index in [4.69, 9.17) is 17.0 Å². The third-order valence-electron chi connectivity index (χ3n) is 5.15. The first-order valence-electron chi connectivity index (χ1n) is 9.92. The number of rotatable bonds is 6. The number of H-pyrrole nitrogens is 1. The van der Waals surface area contributed by atoms with Crippen LogP contribution in [0.3, 0.4) is 0 Å². The third kappa shape index (κ3) is 4.93. The maximum Gasteiger partial charge on any atom is 0.217 e. The summed E-state index contributed by atoms with van der Waals surface area (Å²) in [5.41, 5.74) is 4.81. The van der Waals surface area contributed by atoms with Gasteiger partial charge in [-0.2, -0.15) is 4.98 Å². The molecule has 0 radical (unpaired) electrons. The summed E-state index contributed by atoms with van der Waals surface area (Å²) in [4.78, 5) is 9.10. The number of ether oxygens (including phenoxy) is 1. The number of aromatic nitrogens is 3. The molecule has 1 fully saturated rings. The number of anilines is 1. The minimum atomic E-state index is 0.565. The molecule has 152 valence electrons. The zero-order valence-electron chi connectivity index (χ0n) is 17.0. The van der Waals surface area contributed by atoms with Gasteiger partial charge < -0.3 is 9.64 Å². The van der Waals surface area contributed by atoms with Gasteiger partial charge in [-0.25, -0.2) is 4.68 Å². The van der Waals surface area contributed by atoms with Gasteiger partial charge in [0.15, 0.2) is 5.82 Å². The monoisotopic (exact) mass is 409 g/mol. The molecule has 7 heteroatoms. The Morgan fingerprint density at radius 2 is 1.76 bits per heavy atom. The van der Waals surface area contributed by atoms with Crippen molar-refractivity contribution in [2.24, 2.45) is 0 Å². The van der Waals surface area contributed by atoms with Crippen LogP contribution >= 0.6 is 12.2 Å². The van der Waals surface area contributed by atoms with Crippen LogP contribution in [-0.4, -0.2) is 53.0 Å². The SMILES string of the molecule is Cc1ccc(-c2nc(=S)n(CN(C)Cc3ccc(N4CCOCC4)cc3)[nH]2)cc1. The minimum Gasteiger partial charge on any atom is -0.378 e. The molecule has 1 aliphatic heterocycles. The summed E-state index contributed by atoms with van der Waals surface area (Å²) in [6.45, 7) is 7.10. The molecule has 0 aliphatic carbocycles. The van der Waals surface area contributed by atoms with Crippen LogP contribution in [0.5, 0.6) is 0 Å². The number of benzene rings is 2. The van der Waals surface area contributed by atoms with Crippen LogP contribution in [0.15, 0.2) is 48.5 Å². The standard InChI is InChI=1S/C22H27N5OS/c1-17-3-7-19(8-4-17)21-23-22(29)27(24-21)16-25(2)15-18-5-9-20(10-6-18)26-11-13-28-14-12-26/h3-10H,11-16H2,1-2H3,(H,23,24,29). The van der Waals surface area contributed by atoms with E-state index in [0.717, 1.165) is 44.2 Å². The molecule has 1 aliphatic rings. The number of aromatic amines is 1. The van der Waals surface area contributed by atoms with E-state index in [1.54, 1.807) is 0 Å². The van der Waals surface area contributed by atoms with Crippen molar-refractivity contribution in [3.05, 3.63) is 64.4 Å². The highest BCUT2D eigenvalue weighted by molar-refractivity contribution is 7.71. The fourth-order valence-corrected chi connectivity index (χ4v) is 3.72. The number of nitrogens with one attached hydrogen (secondary N) is 1. The molecule has 1 aromatic heterocycles. The second kappa shape index (κ2) is 8.90. The summed E-state index contributed by atoms with van der Waals surface area (Å²) in [5, 5.41) is 3.33. The van der Waals surface area contributed by atoms with E-state index in [0.29, 0.717) is 11.4 Å². The molecule has 0 unspecified atom stereocenters. The van der Waals surface area contributed by atoms with Crippen LogP contribution in [0.2, 0.25) is 0 Å². The Hall–Kier alpha value is -2.48. The quantitative estimate of drug-likeness (QED) is 0.627. The first kappa shape index (κ1) is 19.8. The second-order valence-electron chi connectivity index (χ2n) is 7.57. The zero-order valence-corrected chi connectivity index (χ0v) is 17.8. The van der Waals surface area contributed by atoms with Crippen LogP contribution in [0.1, 0.15) is 11.1 Å². The molecule has 4 rings (SSSR count). The maximum atomic E-state index is 5.45. The minimum absolute atomic E-state index is 0.565. The number of morpholine rings is 1. The molecule has 0 atom stereocenters. The van der Waals surface area contributed by atoms with Gasteiger partial charge in [0.05, 0.1) is 19.9 Å². The van der Waals surface area contributed by atoms with E-state index >= 15 is 0 Å². The molecule has 2 aromatic carbocycles. The highest BCUT2D eigenvalue weighted by Crippen LogP contribution is 2.18. The Morgan fingerprint density at radius 1 is 1.07 bits per heavy atom.